The van der Waals surface area contributed by atoms with E-state index >= 15 is 0 Å². The maximum atomic E-state index is 12.5. The molecule has 0 spiro atoms. The number of nitrogens with zero attached hydrogens (tertiary/aromatic N) is 3. The average Bonchev–Trinajstić information content (AvgIpc) is 3.21. The maximum absolute atomic E-state index is 12.5. The number of aromatic amines is 1. The van der Waals surface area contributed by atoms with E-state index in [1.807, 2.05) is 43.3 Å². The van der Waals surface area contributed by atoms with Crippen LogP contribution in [0.15, 0.2) is 65.7 Å². The Kier molecular flexibility index (Phi) is 7.44. The predicted octanol–water partition coefficient (Wildman–Crippen LogP) is 4.79. The van der Waals surface area contributed by atoms with Crippen LogP contribution >= 0.6 is 11.6 Å². The van der Waals surface area contributed by atoms with Crippen LogP contribution in [0.5, 0.6) is 17.4 Å². The van der Waals surface area contributed by atoms with Gasteiger partial charge in [0.1, 0.15) is 13.2 Å². The SMILES string of the molecule is CN(C)CCN(c1ccc(N=C(c2ccc3c(c2)OCCO3)c2c(O)[nH]c3cc(Cl)ccc23)cc1)S(C)(=O)=O. The van der Waals surface area contributed by atoms with Gasteiger partial charge >= 0.3 is 0 Å². The second-order valence-electron chi connectivity index (χ2n) is 9.51. The average molecular weight is 569 g/mol. The molecule has 0 bridgehead atoms. The summed E-state index contributed by atoms with van der Waals surface area (Å²) >= 11 is 6.19. The molecule has 0 amide bonds. The van der Waals surface area contributed by atoms with Gasteiger partial charge in [0.2, 0.25) is 10.0 Å². The predicted molar refractivity (Wildman–Crippen MR) is 155 cm³/mol. The quantitative estimate of drug-likeness (QED) is 0.296. The van der Waals surface area contributed by atoms with Crippen molar-refractivity contribution in [2.75, 3.05) is 51.0 Å². The number of aromatic nitrogens is 1. The van der Waals surface area contributed by atoms with Crippen LogP contribution in [0.2, 0.25) is 5.02 Å². The molecule has 0 saturated carbocycles. The number of sulfonamides is 1. The number of halogens is 1. The molecule has 204 valence electrons. The summed E-state index contributed by atoms with van der Waals surface area (Å²) in [4.78, 5) is 9.84. The van der Waals surface area contributed by atoms with Crippen LogP contribution in [0, 0.1) is 0 Å². The molecular weight excluding hydrogens is 540 g/mol. The van der Waals surface area contributed by atoms with E-state index in [0.717, 1.165) is 5.39 Å². The highest BCUT2D eigenvalue weighted by molar-refractivity contribution is 7.92. The van der Waals surface area contributed by atoms with Crippen molar-refractivity contribution in [2.45, 2.75) is 0 Å². The number of fused-ring (bicyclic) bond motifs is 2. The third-order valence-electron chi connectivity index (χ3n) is 6.32. The van der Waals surface area contributed by atoms with Gasteiger partial charge < -0.3 is 24.5 Å². The van der Waals surface area contributed by atoms with Gasteiger partial charge in [-0.05, 0) is 68.7 Å². The van der Waals surface area contributed by atoms with Gasteiger partial charge in [0.25, 0.3) is 0 Å². The highest BCUT2D eigenvalue weighted by atomic mass is 35.5. The Morgan fingerprint density at radius 3 is 2.41 bits per heavy atom. The van der Waals surface area contributed by atoms with Gasteiger partial charge in [0, 0.05) is 29.1 Å². The summed E-state index contributed by atoms with van der Waals surface area (Å²) in [6, 6.07) is 17.8. The van der Waals surface area contributed by atoms with Crippen LogP contribution in [-0.4, -0.2) is 75.8 Å². The van der Waals surface area contributed by atoms with E-state index in [-0.39, 0.29) is 5.88 Å². The monoisotopic (exact) mass is 568 g/mol. The first kappa shape index (κ1) is 26.9. The summed E-state index contributed by atoms with van der Waals surface area (Å²) in [5.41, 5.74) is 3.50. The van der Waals surface area contributed by atoms with E-state index < -0.39 is 10.0 Å². The van der Waals surface area contributed by atoms with Gasteiger partial charge in [-0.15, -0.1) is 0 Å². The molecule has 0 fully saturated rings. The second-order valence-corrected chi connectivity index (χ2v) is 11.9. The van der Waals surface area contributed by atoms with Crippen molar-refractivity contribution in [2.24, 2.45) is 4.99 Å². The van der Waals surface area contributed by atoms with Crippen LogP contribution in [-0.2, 0) is 10.0 Å². The Bertz CT molecular complexity index is 1650. The minimum Gasteiger partial charge on any atom is -0.494 e. The minimum atomic E-state index is -3.47. The molecule has 1 aromatic heterocycles. The Morgan fingerprint density at radius 1 is 1.00 bits per heavy atom. The maximum Gasteiger partial charge on any atom is 0.232 e. The third kappa shape index (κ3) is 5.83. The fourth-order valence-corrected chi connectivity index (χ4v) is 5.54. The summed E-state index contributed by atoms with van der Waals surface area (Å²) in [5, 5.41) is 12.3. The lowest BCUT2D eigenvalue weighted by atomic mass is 10.00. The van der Waals surface area contributed by atoms with E-state index in [1.54, 1.807) is 36.4 Å². The topological polar surface area (TPSA) is 107 Å². The normalized spacial score (nSPS) is 13.7. The molecule has 9 nitrogen and oxygen atoms in total. The van der Waals surface area contributed by atoms with E-state index in [4.69, 9.17) is 26.1 Å². The Balaban J connectivity index is 1.61. The Hall–Kier alpha value is -3.73. The molecule has 1 aliphatic heterocycles. The van der Waals surface area contributed by atoms with Gasteiger partial charge in [0.15, 0.2) is 17.4 Å². The number of ether oxygens (including phenoxy) is 2. The molecule has 4 aromatic rings. The molecule has 0 atom stereocenters. The fraction of sp³-hybridized carbons (Fsp3) is 0.250. The number of aliphatic imine (C=N–C) groups is 1. The van der Waals surface area contributed by atoms with Crippen LogP contribution in [0.3, 0.4) is 0 Å². The number of benzene rings is 3. The van der Waals surface area contributed by atoms with Crippen LogP contribution < -0.4 is 13.8 Å². The summed E-state index contributed by atoms with van der Waals surface area (Å²) in [7, 11) is 0.316. The zero-order valence-electron chi connectivity index (χ0n) is 21.8. The Labute approximate surface area is 232 Å². The van der Waals surface area contributed by atoms with E-state index in [0.29, 0.717) is 76.6 Å². The molecule has 1 aliphatic rings. The molecule has 3 aromatic carbocycles. The van der Waals surface area contributed by atoms with Gasteiger partial charge in [-0.2, -0.15) is 0 Å². The van der Waals surface area contributed by atoms with Crippen molar-refractivity contribution in [3.63, 3.8) is 0 Å². The molecular formula is C28H29ClN4O5S. The van der Waals surface area contributed by atoms with Crippen LogP contribution in [0.25, 0.3) is 10.9 Å². The lowest BCUT2D eigenvalue weighted by Gasteiger charge is -2.24. The first-order valence-corrected chi connectivity index (χ1v) is 14.5. The molecule has 11 heteroatoms. The van der Waals surface area contributed by atoms with Crippen molar-refractivity contribution < 1.29 is 23.0 Å². The first-order chi connectivity index (χ1) is 18.6. The largest absolute Gasteiger partial charge is 0.494 e. The number of H-pyrrole nitrogens is 1. The number of likely N-dealkylation sites (N-methyl/N-ethyl adjacent to an activating group) is 1. The molecule has 0 radical (unpaired) electrons. The second kappa shape index (κ2) is 10.8. The van der Waals surface area contributed by atoms with E-state index in [2.05, 4.69) is 4.98 Å². The van der Waals surface area contributed by atoms with Crippen LogP contribution in [0.1, 0.15) is 11.1 Å². The summed E-state index contributed by atoms with van der Waals surface area (Å²) < 4.78 is 37.8. The third-order valence-corrected chi connectivity index (χ3v) is 7.75. The molecule has 39 heavy (non-hydrogen) atoms. The van der Waals surface area contributed by atoms with Crippen molar-refractivity contribution in [3.8, 4) is 17.4 Å². The molecule has 0 unspecified atom stereocenters. The zero-order valence-corrected chi connectivity index (χ0v) is 23.4. The summed E-state index contributed by atoms with van der Waals surface area (Å²) in [5.74, 6) is 1.18. The smallest absolute Gasteiger partial charge is 0.232 e. The van der Waals surface area contributed by atoms with Gasteiger partial charge in [-0.25, -0.2) is 13.4 Å². The molecule has 2 N–H and O–H groups in total. The number of nitrogens with one attached hydrogen (secondary N) is 1. The molecule has 2 heterocycles. The summed E-state index contributed by atoms with van der Waals surface area (Å²) in [6.45, 7) is 1.81. The van der Waals surface area contributed by atoms with Crippen molar-refractivity contribution >= 4 is 49.6 Å². The minimum absolute atomic E-state index is 0.0514. The van der Waals surface area contributed by atoms with Crippen molar-refractivity contribution in [1.82, 2.24) is 9.88 Å². The lowest BCUT2D eigenvalue weighted by molar-refractivity contribution is 0.171. The van der Waals surface area contributed by atoms with Gasteiger partial charge in [-0.3, -0.25) is 4.31 Å². The first-order valence-electron chi connectivity index (χ1n) is 12.3. The Morgan fingerprint density at radius 2 is 1.72 bits per heavy atom. The highest BCUT2D eigenvalue weighted by Gasteiger charge is 2.22. The van der Waals surface area contributed by atoms with Gasteiger partial charge in [0.05, 0.1) is 34.4 Å². The highest BCUT2D eigenvalue weighted by Crippen LogP contribution is 2.36. The zero-order chi connectivity index (χ0) is 27.7. The van der Waals surface area contributed by atoms with Crippen molar-refractivity contribution in [1.29, 1.82) is 0 Å². The van der Waals surface area contributed by atoms with E-state index in [1.165, 1.54) is 10.6 Å². The number of hydrogen-bond donors (Lipinski definition) is 2. The van der Waals surface area contributed by atoms with E-state index in [9.17, 15) is 13.5 Å². The lowest BCUT2D eigenvalue weighted by Crippen LogP contribution is -2.35. The van der Waals surface area contributed by atoms with Crippen LogP contribution in [0.4, 0.5) is 11.4 Å². The number of anilines is 1. The number of rotatable bonds is 8. The van der Waals surface area contributed by atoms with Gasteiger partial charge in [-0.1, -0.05) is 17.7 Å². The number of aromatic hydroxyl groups is 1. The molecule has 5 rings (SSSR count). The fourth-order valence-electron chi connectivity index (χ4n) is 4.45. The van der Waals surface area contributed by atoms with Crippen molar-refractivity contribution in [3.05, 3.63) is 76.8 Å². The molecule has 0 aliphatic carbocycles. The number of hydrogen-bond acceptors (Lipinski definition) is 7. The molecule has 0 saturated heterocycles. The standard InChI is InChI=1S/C28H29ClN4O5S/c1-32(2)12-13-33(39(3,35)36)21-8-6-20(7-9-21)30-27(18-4-11-24-25(16-18)38-15-14-37-24)26-22-10-5-19(29)17-23(22)31-28(26)34/h4-11,16-17,31,34H,12-15H2,1-3H3. The summed E-state index contributed by atoms with van der Waals surface area (Å²) in [6.07, 6.45) is 1.20.